The number of esters is 1. The minimum absolute atomic E-state index is 0.0631. The van der Waals surface area contributed by atoms with Gasteiger partial charge in [0, 0.05) is 39.1 Å². The molecule has 27 heavy (non-hydrogen) atoms. The lowest BCUT2D eigenvalue weighted by Gasteiger charge is -2.33. The third-order valence-electron chi connectivity index (χ3n) is 4.01. The third kappa shape index (κ3) is 6.68. The van der Waals surface area contributed by atoms with Crippen LogP contribution in [0.1, 0.15) is 23.4 Å². The average molecular weight is 401 g/mol. The second-order valence-electron chi connectivity index (χ2n) is 6.04. The summed E-state index contributed by atoms with van der Waals surface area (Å²) in [7, 11) is -3.26. The lowest BCUT2D eigenvalue weighted by Crippen LogP contribution is -2.51. The Balaban J connectivity index is 1.58. The molecule has 150 valence electrons. The summed E-state index contributed by atoms with van der Waals surface area (Å²) < 4.78 is 34.0. The largest absolute Gasteiger partial charge is 0.459 e. The second kappa shape index (κ2) is 9.51. The van der Waals surface area contributed by atoms with Gasteiger partial charge >= 0.3 is 5.97 Å². The average Bonchev–Trinajstić information content (AvgIpc) is 3.17. The number of piperazine rings is 1. The summed E-state index contributed by atoms with van der Waals surface area (Å²) in [5, 5.41) is 2.60. The predicted octanol–water partition coefficient (Wildman–Crippen LogP) is -0.563. The molecule has 0 aliphatic carbocycles. The molecular weight excluding hydrogens is 378 g/mol. The number of rotatable bonds is 8. The maximum Gasteiger partial charge on any atom is 0.306 e. The van der Waals surface area contributed by atoms with Crippen LogP contribution in [0.25, 0.3) is 0 Å². The van der Waals surface area contributed by atoms with Crippen LogP contribution in [-0.2, 0) is 24.3 Å². The Labute approximate surface area is 157 Å². The number of nitrogens with zero attached hydrogens (tertiary/aromatic N) is 2. The normalized spacial score (nSPS) is 15.4. The van der Waals surface area contributed by atoms with Gasteiger partial charge in [0.25, 0.3) is 11.8 Å². The van der Waals surface area contributed by atoms with Gasteiger partial charge in [-0.25, -0.2) is 8.42 Å². The zero-order valence-electron chi connectivity index (χ0n) is 15.0. The SMILES string of the molecule is CS(=O)(=O)N1CCN(C(=O)COC(=O)CCCNC(=O)c2ccco2)CC1. The van der Waals surface area contributed by atoms with Gasteiger partial charge in [0.2, 0.25) is 10.0 Å². The van der Waals surface area contributed by atoms with E-state index in [2.05, 4.69) is 5.32 Å². The number of amides is 2. The zero-order chi connectivity index (χ0) is 19.9. The molecule has 10 nitrogen and oxygen atoms in total. The van der Waals surface area contributed by atoms with Crippen LogP contribution >= 0.6 is 0 Å². The first-order chi connectivity index (χ1) is 12.8. The zero-order valence-corrected chi connectivity index (χ0v) is 15.9. The van der Waals surface area contributed by atoms with E-state index in [0.717, 1.165) is 6.26 Å². The lowest BCUT2D eigenvalue weighted by atomic mass is 10.3. The molecule has 0 spiro atoms. The van der Waals surface area contributed by atoms with Crippen molar-refractivity contribution in [3.8, 4) is 0 Å². The van der Waals surface area contributed by atoms with Crippen molar-refractivity contribution >= 4 is 27.8 Å². The van der Waals surface area contributed by atoms with E-state index in [0.29, 0.717) is 6.42 Å². The fraction of sp³-hybridized carbons (Fsp3) is 0.562. The van der Waals surface area contributed by atoms with Crippen molar-refractivity contribution < 1.29 is 32.0 Å². The maximum atomic E-state index is 12.0. The van der Waals surface area contributed by atoms with Gasteiger partial charge < -0.3 is 19.4 Å². The molecule has 1 N–H and O–H groups in total. The molecule has 0 saturated carbocycles. The minimum atomic E-state index is -3.26. The van der Waals surface area contributed by atoms with Crippen LogP contribution in [0.2, 0.25) is 0 Å². The van der Waals surface area contributed by atoms with Crippen molar-refractivity contribution in [3.63, 3.8) is 0 Å². The molecule has 0 atom stereocenters. The summed E-state index contributed by atoms with van der Waals surface area (Å²) in [6.45, 7) is 0.888. The van der Waals surface area contributed by atoms with Crippen molar-refractivity contribution in [1.29, 1.82) is 0 Å². The molecule has 0 unspecified atom stereocenters. The number of hydrogen-bond acceptors (Lipinski definition) is 7. The molecule has 1 fully saturated rings. The molecule has 11 heteroatoms. The number of carbonyl (C=O) groups is 3. The summed E-state index contributed by atoms with van der Waals surface area (Å²) in [6, 6.07) is 3.13. The summed E-state index contributed by atoms with van der Waals surface area (Å²) in [5.41, 5.74) is 0. The van der Waals surface area contributed by atoms with Gasteiger partial charge in [0.15, 0.2) is 12.4 Å². The lowest BCUT2D eigenvalue weighted by molar-refractivity contribution is -0.152. The number of furan rings is 1. The Morgan fingerprint density at radius 3 is 2.52 bits per heavy atom. The molecule has 1 aromatic rings. The summed E-state index contributed by atoms with van der Waals surface area (Å²) in [4.78, 5) is 36.8. The highest BCUT2D eigenvalue weighted by Gasteiger charge is 2.26. The standard InChI is InChI=1S/C16H23N3O7S/c1-27(23,24)19-9-7-18(8-10-19)14(20)12-26-15(21)5-2-6-17-16(22)13-4-3-11-25-13/h3-4,11H,2,5-10,12H2,1H3,(H,17,22). The first-order valence-corrected chi connectivity index (χ1v) is 10.3. The number of ether oxygens (including phenoxy) is 1. The van der Waals surface area contributed by atoms with E-state index in [1.54, 1.807) is 6.07 Å². The fourth-order valence-corrected chi connectivity index (χ4v) is 3.33. The Kier molecular flexibility index (Phi) is 7.36. The van der Waals surface area contributed by atoms with Crippen LogP contribution in [-0.4, -0.2) is 81.0 Å². The topological polar surface area (TPSA) is 126 Å². The van der Waals surface area contributed by atoms with Crippen molar-refractivity contribution in [2.24, 2.45) is 0 Å². The molecule has 1 aromatic heterocycles. The van der Waals surface area contributed by atoms with Gasteiger partial charge in [-0.15, -0.1) is 0 Å². The third-order valence-corrected chi connectivity index (χ3v) is 5.31. The van der Waals surface area contributed by atoms with Crippen LogP contribution in [0.5, 0.6) is 0 Å². The Hall–Kier alpha value is -2.40. The van der Waals surface area contributed by atoms with Gasteiger partial charge in [-0.05, 0) is 18.6 Å². The first-order valence-electron chi connectivity index (χ1n) is 8.47. The van der Waals surface area contributed by atoms with Crippen LogP contribution in [0, 0.1) is 0 Å². The van der Waals surface area contributed by atoms with E-state index in [4.69, 9.17) is 9.15 Å². The van der Waals surface area contributed by atoms with Gasteiger partial charge in [-0.1, -0.05) is 0 Å². The van der Waals surface area contributed by atoms with Gasteiger partial charge in [0.1, 0.15) is 0 Å². The summed E-state index contributed by atoms with van der Waals surface area (Å²) in [5.74, 6) is -1.07. The molecular formula is C16H23N3O7S. The van der Waals surface area contributed by atoms with Crippen molar-refractivity contribution in [1.82, 2.24) is 14.5 Å². The molecule has 1 saturated heterocycles. The predicted molar refractivity (Wildman–Crippen MR) is 94.2 cm³/mol. The highest BCUT2D eigenvalue weighted by Crippen LogP contribution is 2.06. The van der Waals surface area contributed by atoms with E-state index < -0.39 is 16.0 Å². The summed E-state index contributed by atoms with van der Waals surface area (Å²) >= 11 is 0. The molecule has 0 bridgehead atoms. The molecule has 1 aliphatic rings. The van der Waals surface area contributed by atoms with E-state index in [-0.39, 0.29) is 63.3 Å². The Bertz CT molecular complexity index is 753. The second-order valence-corrected chi connectivity index (χ2v) is 8.02. The number of carbonyl (C=O) groups excluding carboxylic acids is 3. The fourth-order valence-electron chi connectivity index (χ4n) is 2.50. The Morgan fingerprint density at radius 2 is 1.93 bits per heavy atom. The van der Waals surface area contributed by atoms with Gasteiger partial charge in [0.05, 0.1) is 12.5 Å². The van der Waals surface area contributed by atoms with Crippen molar-refractivity contribution in [2.75, 3.05) is 45.6 Å². The molecule has 0 radical (unpaired) electrons. The first kappa shape index (κ1) is 20.9. The van der Waals surface area contributed by atoms with Crippen molar-refractivity contribution in [3.05, 3.63) is 24.2 Å². The maximum absolute atomic E-state index is 12.0. The van der Waals surface area contributed by atoms with Gasteiger partial charge in [-0.3, -0.25) is 14.4 Å². The van der Waals surface area contributed by atoms with Crippen LogP contribution in [0.3, 0.4) is 0 Å². The molecule has 2 rings (SSSR count). The van der Waals surface area contributed by atoms with Gasteiger partial charge in [-0.2, -0.15) is 4.31 Å². The minimum Gasteiger partial charge on any atom is -0.459 e. The smallest absolute Gasteiger partial charge is 0.306 e. The molecule has 2 amide bonds. The van der Waals surface area contributed by atoms with Crippen LogP contribution in [0.15, 0.2) is 22.8 Å². The van der Waals surface area contributed by atoms with E-state index in [9.17, 15) is 22.8 Å². The summed E-state index contributed by atoms with van der Waals surface area (Å²) in [6.07, 6.45) is 2.95. The Morgan fingerprint density at radius 1 is 1.22 bits per heavy atom. The van der Waals surface area contributed by atoms with E-state index in [1.807, 2.05) is 0 Å². The number of sulfonamides is 1. The molecule has 1 aliphatic heterocycles. The number of nitrogens with one attached hydrogen (secondary N) is 1. The quantitative estimate of drug-likeness (QED) is 0.457. The van der Waals surface area contributed by atoms with E-state index >= 15 is 0 Å². The van der Waals surface area contributed by atoms with Crippen molar-refractivity contribution in [2.45, 2.75) is 12.8 Å². The van der Waals surface area contributed by atoms with Crippen LogP contribution < -0.4 is 5.32 Å². The highest BCUT2D eigenvalue weighted by atomic mass is 32.2. The number of hydrogen-bond donors (Lipinski definition) is 1. The molecule has 0 aromatic carbocycles. The highest BCUT2D eigenvalue weighted by molar-refractivity contribution is 7.88. The van der Waals surface area contributed by atoms with E-state index in [1.165, 1.54) is 21.5 Å². The monoisotopic (exact) mass is 401 g/mol. The molecule has 2 heterocycles. The van der Waals surface area contributed by atoms with Crippen LogP contribution in [0.4, 0.5) is 0 Å².